The SMILES string of the molecule is CCCCC/C=C\C/C=C\CCCCCCCCC(O)C(=O)NC(COC1OC(CO)C(O)C(O)C1O)C(O)C(O)CCC/C=C/CCCCCCCCCCCCCCCCCCCCCCCCCCCC. The molecular weight excluding hydrogens is 931 g/mol. The lowest BCUT2D eigenvalue weighted by Crippen LogP contribution is -2.60. The number of aliphatic hydroxyl groups excluding tert-OH is 7. The normalized spacial score (nSPS) is 20.0. The van der Waals surface area contributed by atoms with Crippen molar-refractivity contribution in [2.45, 2.75) is 345 Å². The van der Waals surface area contributed by atoms with Gasteiger partial charge in [-0.05, 0) is 70.6 Å². The van der Waals surface area contributed by atoms with Crippen molar-refractivity contribution in [3.05, 3.63) is 36.5 Å². The van der Waals surface area contributed by atoms with Gasteiger partial charge < -0.3 is 50.5 Å². The van der Waals surface area contributed by atoms with Crippen molar-refractivity contribution in [3.63, 3.8) is 0 Å². The summed E-state index contributed by atoms with van der Waals surface area (Å²) in [5, 5.41) is 76.2. The predicted octanol–water partition coefficient (Wildman–Crippen LogP) is 13.9. The zero-order valence-electron chi connectivity index (χ0n) is 47.8. The number of unbranched alkanes of at least 4 members (excludes halogenated alkanes) is 36. The minimum atomic E-state index is -1.67. The number of hydrogen-bond acceptors (Lipinski definition) is 10. The Morgan fingerprint density at radius 3 is 1.27 bits per heavy atom. The number of carbonyl (C=O) groups excluding carboxylic acids is 1. The maximum atomic E-state index is 13.2. The first-order valence-corrected chi connectivity index (χ1v) is 31.4. The van der Waals surface area contributed by atoms with Crippen molar-refractivity contribution in [2.75, 3.05) is 13.2 Å². The minimum absolute atomic E-state index is 0.242. The number of rotatable bonds is 54. The van der Waals surface area contributed by atoms with Gasteiger partial charge in [-0.25, -0.2) is 0 Å². The first-order chi connectivity index (χ1) is 36.2. The molecule has 1 aliphatic heterocycles. The summed E-state index contributed by atoms with van der Waals surface area (Å²) in [5.41, 5.74) is 0. The molecule has 0 radical (unpaired) electrons. The standard InChI is InChI=1S/C63H119NO10/c1-3-5-7-9-11-13-15-17-19-21-22-23-24-25-26-27-28-29-30-31-32-33-34-35-37-38-40-42-44-46-48-50-55(66)58(68)54(53-73-63-61(71)60(70)59(69)57(52-65)74-63)64-62(72)56(67)51-49-47-45-43-41-39-36-20-18-16-14-12-10-8-6-4-2/h12,14,18,20,42,44,54-61,63,65-71H,3-11,13,15-17,19,21-41,43,45-53H2,1-2H3,(H,64,72)/b14-12-,20-18-,44-42+. The van der Waals surface area contributed by atoms with Crippen LogP contribution in [0.15, 0.2) is 36.5 Å². The Morgan fingerprint density at radius 1 is 0.473 bits per heavy atom. The maximum Gasteiger partial charge on any atom is 0.249 e. The average Bonchev–Trinajstić information content (AvgIpc) is 3.40. The number of hydrogen-bond donors (Lipinski definition) is 8. The third-order valence-electron chi connectivity index (χ3n) is 15.2. The van der Waals surface area contributed by atoms with Gasteiger partial charge in [0.1, 0.15) is 36.6 Å². The van der Waals surface area contributed by atoms with Gasteiger partial charge in [0.25, 0.3) is 0 Å². The third kappa shape index (κ3) is 39.7. The molecule has 9 atom stereocenters. The molecule has 436 valence electrons. The highest BCUT2D eigenvalue weighted by atomic mass is 16.7. The van der Waals surface area contributed by atoms with Crippen molar-refractivity contribution >= 4 is 5.91 Å². The van der Waals surface area contributed by atoms with Gasteiger partial charge in [-0.3, -0.25) is 4.79 Å². The third-order valence-corrected chi connectivity index (χ3v) is 15.2. The molecule has 74 heavy (non-hydrogen) atoms. The van der Waals surface area contributed by atoms with E-state index in [1.807, 2.05) is 0 Å². The molecule has 0 aromatic heterocycles. The van der Waals surface area contributed by atoms with Gasteiger partial charge in [0, 0.05) is 0 Å². The zero-order chi connectivity index (χ0) is 54.0. The molecule has 1 heterocycles. The second kappa shape index (κ2) is 52.1. The van der Waals surface area contributed by atoms with E-state index in [1.165, 1.54) is 186 Å². The highest BCUT2D eigenvalue weighted by Crippen LogP contribution is 2.23. The van der Waals surface area contributed by atoms with E-state index in [1.54, 1.807) is 0 Å². The second-order valence-electron chi connectivity index (χ2n) is 22.1. The Morgan fingerprint density at radius 2 is 0.838 bits per heavy atom. The van der Waals surface area contributed by atoms with E-state index < -0.39 is 74.2 Å². The molecule has 0 aromatic carbocycles. The molecule has 0 aromatic rings. The summed E-state index contributed by atoms with van der Waals surface area (Å²) >= 11 is 0. The van der Waals surface area contributed by atoms with E-state index in [9.17, 15) is 40.5 Å². The van der Waals surface area contributed by atoms with Crippen LogP contribution in [0.5, 0.6) is 0 Å². The fraction of sp³-hybridized carbons (Fsp3) is 0.889. The molecule has 9 unspecified atom stereocenters. The summed E-state index contributed by atoms with van der Waals surface area (Å²) in [4.78, 5) is 13.2. The van der Waals surface area contributed by atoms with Crippen LogP contribution in [0.3, 0.4) is 0 Å². The Labute approximate surface area is 454 Å². The highest BCUT2D eigenvalue weighted by Gasteiger charge is 2.44. The molecule has 0 spiro atoms. The van der Waals surface area contributed by atoms with Gasteiger partial charge in [-0.2, -0.15) is 0 Å². The van der Waals surface area contributed by atoms with Crippen molar-refractivity contribution in [3.8, 4) is 0 Å². The predicted molar refractivity (Wildman–Crippen MR) is 307 cm³/mol. The smallest absolute Gasteiger partial charge is 0.249 e. The molecule has 1 amide bonds. The number of amides is 1. The molecule has 1 aliphatic rings. The maximum absolute atomic E-state index is 13.2. The molecule has 1 fully saturated rings. The topological polar surface area (TPSA) is 189 Å². The van der Waals surface area contributed by atoms with E-state index in [-0.39, 0.29) is 12.8 Å². The molecule has 1 saturated heterocycles. The van der Waals surface area contributed by atoms with E-state index in [0.29, 0.717) is 12.8 Å². The number of allylic oxidation sites excluding steroid dienone is 6. The van der Waals surface area contributed by atoms with Crippen LogP contribution in [0.25, 0.3) is 0 Å². The van der Waals surface area contributed by atoms with Crippen LogP contribution >= 0.6 is 0 Å². The Kier molecular flexibility index (Phi) is 49.5. The van der Waals surface area contributed by atoms with E-state index in [2.05, 4.69) is 55.6 Å². The second-order valence-corrected chi connectivity index (χ2v) is 22.1. The first-order valence-electron chi connectivity index (χ1n) is 31.4. The van der Waals surface area contributed by atoms with E-state index >= 15 is 0 Å². The molecular formula is C63H119NO10. The minimum Gasteiger partial charge on any atom is -0.394 e. The summed E-state index contributed by atoms with van der Waals surface area (Å²) in [6.45, 7) is 3.44. The van der Waals surface area contributed by atoms with Gasteiger partial charge in [0.2, 0.25) is 5.91 Å². The van der Waals surface area contributed by atoms with Crippen LogP contribution in [0.1, 0.15) is 290 Å². The van der Waals surface area contributed by atoms with Crippen molar-refractivity contribution in [2.24, 2.45) is 0 Å². The number of ether oxygens (including phenoxy) is 2. The van der Waals surface area contributed by atoms with Crippen LogP contribution in [0.2, 0.25) is 0 Å². The molecule has 0 bridgehead atoms. The summed E-state index contributed by atoms with van der Waals surface area (Å²) in [5.74, 6) is -0.713. The molecule has 1 rings (SSSR count). The van der Waals surface area contributed by atoms with Crippen LogP contribution < -0.4 is 5.32 Å². The molecule has 11 nitrogen and oxygen atoms in total. The van der Waals surface area contributed by atoms with Crippen LogP contribution in [0, 0.1) is 0 Å². The number of nitrogens with one attached hydrogen (secondary N) is 1. The average molecular weight is 1050 g/mol. The summed E-state index contributed by atoms with van der Waals surface area (Å²) in [7, 11) is 0. The molecule has 8 N–H and O–H groups in total. The Balaban J connectivity index is 2.24. The van der Waals surface area contributed by atoms with Crippen molar-refractivity contribution < 1.29 is 50.0 Å². The zero-order valence-corrected chi connectivity index (χ0v) is 47.8. The molecule has 11 heteroatoms. The van der Waals surface area contributed by atoms with Crippen LogP contribution in [-0.2, 0) is 14.3 Å². The molecule has 0 aliphatic carbocycles. The first kappa shape index (κ1) is 70.3. The lowest BCUT2D eigenvalue weighted by Gasteiger charge is -2.40. The Bertz CT molecular complexity index is 1300. The lowest BCUT2D eigenvalue weighted by molar-refractivity contribution is -0.303. The number of carbonyl (C=O) groups is 1. The highest BCUT2D eigenvalue weighted by molar-refractivity contribution is 5.80. The monoisotopic (exact) mass is 1050 g/mol. The fourth-order valence-corrected chi connectivity index (χ4v) is 10.1. The van der Waals surface area contributed by atoms with Gasteiger partial charge in [0.15, 0.2) is 6.29 Å². The Hall–Kier alpha value is -1.67. The van der Waals surface area contributed by atoms with E-state index in [0.717, 1.165) is 64.2 Å². The van der Waals surface area contributed by atoms with Gasteiger partial charge >= 0.3 is 0 Å². The van der Waals surface area contributed by atoms with Gasteiger partial charge in [-0.1, -0.05) is 256 Å². The lowest BCUT2D eigenvalue weighted by atomic mass is 9.98. The summed E-state index contributed by atoms with van der Waals surface area (Å²) in [6.07, 6.45) is 53.7. The quantitative estimate of drug-likeness (QED) is 0.0215. The van der Waals surface area contributed by atoms with Crippen LogP contribution in [-0.4, -0.2) is 110 Å². The number of aliphatic hydroxyl groups is 7. The van der Waals surface area contributed by atoms with Gasteiger partial charge in [-0.15, -0.1) is 0 Å². The van der Waals surface area contributed by atoms with Crippen LogP contribution in [0.4, 0.5) is 0 Å². The van der Waals surface area contributed by atoms with Crippen molar-refractivity contribution in [1.82, 2.24) is 5.32 Å². The van der Waals surface area contributed by atoms with E-state index in [4.69, 9.17) is 9.47 Å². The summed E-state index contributed by atoms with van der Waals surface area (Å²) in [6, 6.07) is -1.19. The molecule has 0 saturated carbocycles. The van der Waals surface area contributed by atoms with Crippen molar-refractivity contribution in [1.29, 1.82) is 0 Å². The summed E-state index contributed by atoms with van der Waals surface area (Å²) < 4.78 is 11.1. The van der Waals surface area contributed by atoms with Gasteiger partial charge in [0.05, 0.1) is 25.4 Å². The fourth-order valence-electron chi connectivity index (χ4n) is 10.1. The largest absolute Gasteiger partial charge is 0.394 e.